The predicted octanol–water partition coefficient (Wildman–Crippen LogP) is 7.36. The van der Waals surface area contributed by atoms with Crippen LogP contribution in [-0.2, 0) is 4.43 Å². The first kappa shape index (κ1) is 22.9. The van der Waals surface area contributed by atoms with E-state index in [4.69, 9.17) is 4.43 Å². The van der Waals surface area contributed by atoms with Gasteiger partial charge in [-0.25, -0.2) is 0 Å². The highest BCUT2D eigenvalue weighted by atomic mass is 32.2. The molecule has 2 nitrogen and oxygen atoms in total. The van der Waals surface area contributed by atoms with E-state index in [1.807, 2.05) is 0 Å². The lowest BCUT2D eigenvalue weighted by atomic mass is 9.69. The summed E-state index contributed by atoms with van der Waals surface area (Å²) in [6, 6.07) is 11.0. The lowest BCUT2D eigenvalue weighted by Crippen LogP contribution is -2.59. The highest BCUT2D eigenvalue weighted by Crippen LogP contribution is 2.53. The zero-order valence-electron chi connectivity index (χ0n) is 20.1. The third-order valence-corrected chi connectivity index (χ3v) is 16.0. The monoisotopic (exact) mass is 445 g/mol. The summed E-state index contributed by atoms with van der Waals surface area (Å²) in [5, 5.41) is 0.749. The highest BCUT2D eigenvalue weighted by molar-refractivity contribution is 8.00. The fraction of sp³-hybridized carbons (Fsp3) is 0.769. The van der Waals surface area contributed by atoms with Crippen molar-refractivity contribution in [3.8, 4) is 0 Å². The number of hydrogen-bond acceptors (Lipinski definition) is 3. The third-order valence-electron chi connectivity index (χ3n) is 8.64. The van der Waals surface area contributed by atoms with Crippen molar-refractivity contribution in [2.75, 3.05) is 13.1 Å². The second kappa shape index (κ2) is 8.92. The molecule has 1 aromatic carbocycles. The van der Waals surface area contributed by atoms with Crippen molar-refractivity contribution < 1.29 is 4.43 Å². The van der Waals surface area contributed by atoms with E-state index in [0.29, 0.717) is 28.3 Å². The van der Waals surface area contributed by atoms with E-state index in [1.54, 1.807) is 0 Å². The van der Waals surface area contributed by atoms with E-state index in [0.717, 1.165) is 11.2 Å². The standard InChI is InChI=1S/C26H43NOSSi/c1-19(2)30(20(3)4,21(5)6)28-25-12-14-26-16-22(25)13-15-27(26)18-24(17-26)29-23-10-8-7-9-11-23/h7-11,19-22,24-25H,12-18H2,1-6H3/t22-,24?,25+,26-/m0/s1. The molecule has 1 aliphatic carbocycles. The number of piperidine rings is 1. The van der Waals surface area contributed by atoms with E-state index >= 15 is 0 Å². The van der Waals surface area contributed by atoms with Crippen LogP contribution in [0.15, 0.2) is 35.2 Å². The number of fused-ring (bicyclic) bond motifs is 1. The summed E-state index contributed by atoms with van der Waals surface area (Å²) in [5.41, 5.74) is 2.53. The smallest absolute Gasteiger partial charge is 0.200 e. The number of benzene rings is 1. The highest BCUT2D eigenvalue weighted by Gasteiger charge is 2.55. The van der Waals surface area contributed by atoms with Gasteiger partial charge in [0.1, 0.15) is 0 Å². The fourth-order valence-electron chi connectivity index (χ4n) is 7.43. The first-order valence-electron chi connectivity index (χ1n) is 12.4. The van der Waals surface area contributed by atoms with Gasteiger partial charge in [-0.05, 0) is 73.3 Å². The van der Waals surface area contributed by atoms with Gasteiger partial charge in [-0.3, -0.25) is 4.90 Å². The van der Waals surface area contributed by atoms with E-state index in [2.05, 4.69) is 88.5 Å². The molecule has 168 valence electrons. The van der Waals surface area contributed by atoms with Crippen LogP contribution in [0.3, 0.4) is 0 Å². The second-order valence-corrected chi connectivity index (χ2v) is 18.0. The van der Waals surface area contributed by atoms with Crippen LogP contribution in [-0.4, -0.2) is 43.2 Å². The quantitative estimate of drug-likeness (QED) is 0.407. The van der Waals surface area contributed by atoms with Crippen molar-refractivity contribution >= 4 is 20.1 Å². The van der Waals surface area contributed by atoms with Crippen molar-refractivity contribution in [1.29, 1.82) is 0 Å². The second-order valence-electron chi connectivity index (χ2n) is 11.2. The molecule has 0 aromatic heterocycles. The molecule has 3 aliphatic rings. The minimum Gasteiger partial charge on any atom is -0.413 e. The van der Waals surface area contributed by atoms with Crippen molar-refractivity contribution in [2.45, 2.75) is 112 Å². The van der Waals surface area contributed by atoms with Gasteiger partial charge < -0.3 is 4.43 Å². The Labute approximate surface area is 190 Å². The maximum atomic E-state index is 7.33. The van der Waals surface area contributed by atoms with Gasteiger partial charge in [0.15, 0.2) is 0 Å². The number of hydrogen-bond donors (Lipinski definition) is 0. The SMILES string of the molecule is CC(C)[Si](O[C@@H]1CC[C@]23CC(Sc4ccccc4)CN2CC[C@H]1C3)(C(C)C)C(C)C. The van der Waals surface area contributed by atoms with Gasteiger partial charge in [-0.15, -0.1) is 11.8 Å². The zero-order valence-corrected chi connectivity index (χ0v) is 21.9. The summed E-state index contributed by atoms with van der Waals surface area (Å²) in [6.45, 7) is 17.2. The molecule has 2 heterocycles. The maximum Gasteiger partial charge on any atom is 0.200 e. The van der Waals surface area contributed by atoms with Crippen LogP contribution >= 0.6 is 11.8 Å². The van der Waals surface area contributed by atoms with Crippen LogP contribution in [0.4, 0.5) is 0 Å². The van der Waals surface area contributed by atoms with Crippen LogP contribution in [0.2, 0.25) is 16.6 Å². The first-order chi connectivity index (χ1) is 14.3. The van der Waals surface area contributed by atoms with Gasteiger partial charge in [-0.2, -0.15) is 0 Å². The van der Waals surface area contributed by atoms with Crippen LogP contribution in [0.1, 0.15) is 73.6 Å². The van der Waals surface area contributed by atoms with Crippen LogP contribution in [0.5, 0.6) is 0 Å². The molecule has 1 spiro atoms. The molecule has 0 N–H and O–H groups in total. The molecule has 4 heteroatoms. The Kier molecular flexibility index (Phi) is 6.80. The molecule has 1 aromatic rings. The Bertz CT molecular complexity index is 686. The molecule has 1 unspecified atom stereocenters. The molecule has 30 heavy (non-hydrogen) atoms. The Morgan fingerprint density at radius 2 is 1.63 bits per heavy atom. The van der Waals surface area contributed by atoms with Gasteiger partial charge in [0.2, 0.25) is 8.32 Å². The molecule has 2 bridgehead atoms. The maximum absolute atomic E-state index is 7.33. The van der Waals surface area contributed by atoms with Crippen LogP contribution in [0, 0.1) is 5.92 Å². The van der Waals surface area contributed by atoms with Gasteiger partial charge >= 0.3 is 0 Å². The number of thioether (sulfide) groups is 1. The molecule has 0 radical (unpaired) electrons. The Balaban J connectivity index is 1.45. The molecular weight excluding hydrogens is 402 g/mol. The average Bonchev–Trinajstić information content (AvgIpc) is 3.03. The summed E-state index contributed by atoms with van der Waals surface area (Å²) in [4.78, 5) is 4.31. The molecule has 2 aliphatic heterocycles. The van der Waals surface area contributed by atoms with Gasteiger partial charge in [0.05, 0.1) is 0 Å². The predicted molar refractivity (Wildman–Crippen MR) is 133 cm³/mol. The Morgan fingerprint density at radius 1 is 0.967 bits per heavy atom. The molecular formula is C26H43NOSSi. The zero-order chi connectivity index (χ0) is 21.5. The van der Waals surface area contributed by atoms with E-state index in [-0.39, 0.29) is 0 Å². The van der Waals surface area contributed by atoms with Crippen molar-refractivity contribution in [1.82, 2.24) is 4.90 Å². The number of nitrogens with zero attached hydrogens (tertiary/aromatic N) is 1. The first-order valence-corrected chi connectivity index (χ1v) is 15.4. The Hall–Kier alpha value is -0.293. The molecule has 0 amide bonds. The van der Waals surface area contributed by atoms with Crippen molar-refractivity contribution in [3.63, 3.8) is 0 Å². The van der Waals surface area contributed by atoms with Crippen molar-refractivity contribution in [2.24, 2.45) is 5.92 Å². The van der Waals surface area contributed by atoms with E-state index < -0.39 is 8.32 Å². The summed E-state index contributed by atoms with van der Waals surface area (Å²) < 4.78 is 7.33. The molecule has 1 saturated carbocycles. The average molecular weight is 446 g/mol. The lowest BCUT2D eigenvalue weighted by molar-refractivity contribution is -0.0470. The molecule has 3 fully saturated rings. The Morgan fingerprint density at radius 3 is 2.27 bits per heavy atom. The minimum atomic E-state index is -1.79. The summed E-state index contributed by atoms with van der Waals surface area (Å²) in [6.07, 6.45) is 7.23. The minimum absolute atomic E-state index is 0.465. The molecule has 2 saturated heterocycles. The van der Waals surface area contributed by atoms with Gasteiger partial charge in [0, 0.05) is 28.3 Å². The summed E-state index contributed by atoms with van der Waals surface area (Å²) >= 11 is 2.11. The topological polar surface area (TPSA) is 12.5 Å². The van der Waals surface area contributed by atoms with Crippen molar-refractivity contribution in [3.05, 3.63) is 30.3 Å². The third kappa shape index (κ3) is 4.07. The lowest BCUT2D eigenvalue weighted by Gasteiger charge is -2.55. The normalized spacial score (nSPS) is 32.2. The summed E-state index contributed by atoms with van der Waals surface area (Å²) in [7, 11) is -1.79. The van der Waals surface area contributed by atoms with E-state index in [1.165, 1.54) is 50.1 Å². The fourth-order valence-corrected chi connectivity index (χ4v) is 14.4. The van der Waals surface area contributed by atoms with Gasteiger partial charge in [-0.1, -0.05) is 59.7 Å². The molecule has 4 atom stereocenters. The largest absolute Gasteiger partial charge is 0.413 e. The van der Waals surface area contributed by atoms with Crippen LogP contribution in [0.25, 0.3) is 0 Å². The number of rotatable bonds is 7. The van der Waals surface area contributed by atoms with Crippen LogP contribution < -0.4 is 0 Å². The van der Waals surface area contributed by atoms with Gasteiger partial charge in [0.25, 0.3) is 0 Å². The summed E-state index contributed by atoms with van der Waals surface area (Å²) in [5.74, 6) is 0.776. The molecule has 4 rings (SSSR count). The van der Waals surface area contributed by atoms with E-state index in [9.17, 15) is 0 Å².